The van der Waals surface area contributed by atoms with Gasteiger partial charge in [-0.25, -0.2) is 0 Å². The molecule has 1 heterocycles. The van der Waals surface area contributed by atoms with Crippen LogP contribution >= 0.6 is 0 Å². The van der Waals surface area contributed by atoms with Crippen LogP contribution in [0.2, 0.25) is 0 Å². The molecule has 4 heteroatoms. The summed E-state index contributed by atoms with van der Waals surface area (Å²) in [6.45, 7) is 5.19. The van der Waals surface area contributed by atoms with Crippen molar-refractivity contribution in [1.82, 2.24) is 0 Å². The van der Waals surface area contributed by atoms with Crippen molar-refractivity contribution in [2.24, 2.45) is 21.1 Å². The lowest BCUT2D eigenvalue weighted by Gasteiger charge is -2.30. The molecular weight excluding hydrogens is 152 g/mol. The maximum absolute atomic E-state index is 8.94. The molecule has 1 atom stereocenters. The number of nitrogens with zero attached hydrogens (tertiary/aromatic N) is 4. The minimum Gasteiger partial charge on any atom is -0.198 e. The molecule has 0 amide bonds. The zero-order chi connectivity index (χ0) is 9.41. The Morgan fingerprint density at radius 2 is 1.58 bits per heavy atom. The summed E-state index contributed by atoms with van der Waals surface area (Å²) in [6, 6.07) is 4.23. The number of hydrogen-bond acceptors (Lipinski definition) is 4. The molecule has 1 aliphatic rings. The smallest absolute Gasteiger partial charge is 0.198 e. The van der Waals surface area contributed by atoms with Crippen LogP contribution in [0.25, 0.3) is 0 Å². The third kappa shape index (κ3) is 0.967. The summed E-state index contributed by atoms with van der Waals surface area (Å²) in [5.74, 6) is 0. The third-order valence-electron chi connectivity index (χ3n) is 2.56. The van der Waals surface area contributed by atoms with Gasteiger partial charge in [0, 0.05) is 0 Å². The van der Waals surface area contributed by atoms with Gasteiger partial charge in [-0.05, 0) is 20.8 Å². The van der Waals surface area contributed by atoms with Crippen molar-refractivity contribution in [3.05, 3.63) is 0 Å². The first kappa shape index (κ1) is 8.67. The van der Waals surface area contributed by atoms with E-state index in [9.17, 15) is 0 Å². The third-order valence-corrected chi connectivity index (χ3v) is 2.56. The summed E-state index contributed by atoms with van der Waals surface area (Å²) < 4.78 is 0. The number of rotatable bonds is 2. The van der Waals surface area contributed by atoms with Gasteiger partial charge in [0.2, 0.25) is 6.17 Å². The predicted molar refractivity (Wildman–Crippen MR) is 41.8 cm³/mol. The van der Waals surface area contributed by atoms with E-state index in [0.29, 0.717) is 0 Å². The quantitative estimate of drug-likeness (QED) is 0.621. The molecule has 0 radical (unpaired) electrons. The minimum atomic E-state index is -0.790. The van der Waals surface area contributed by atoms with Gasteiger partial charge in [0.15, 0.2) is 0 Å². The first-order valence-corrected chi connectivity index (χ1v) is 3.70. The Hall–Kier alpha value is -1.42. The van der Waals surface area contributed by atoms with E-state index in [1.165, 1.54) is 0 Å². The Morgan fingerprint density at radius 3 is 1.83 bits per heavy atom. The Balaban J connectivity index is 2.97. The van der Waals surface area contributed by atoms with Crippen molar-refractivity contribution in [3.63, 3.8) is 0 Å². The SMILES string of the molecule is CC(C)(C#N)C(C)(C#N)C1N=N1. The maximum Gasteiger partial charge on any atom is 0.200 e. The van der Waals surface area contributed by atoms with E-state index in [-0.39, 0.29) is 6.17 Å². The van der Waals surface area contributed by atoms with E-state index in [4.69, 9.17) is 10.5 Å². The number of hydrogen-bond donors (Lipinski definition) is 0. The van der Waals surface area contributed by atoms with Crippen LogP contribution < -0.4 is 0 Å². The molecule has 0 spiro atoms. The summed E-state index contributed by atoms with van der Waals surface area (Å²) in [5.41, 5.74) is -1.50. The second kappa shape index (κ2) is 2.28. The summed E-state index contributed by atoms with van der Waals surface area (Å²) in [7, 11) is 0. The lowest BCUT2D eigenvalue weighted by Crippen LogP contribution is -2.37. The molecule has 0 bridgehead atoms. The topological polar surface area (TPSA) is 72.3 Å². The average Bonchev–Trinajstić information content (AvgIpc) is 2.85. The highest BCUT2D eigenvalue weighted by molar-refractivity contribution is 5.19. The van der Waals surface area contributed by atoms with Gasteiger partial charge >= 0.3 is 0 Å². The van der Waals surface area contributed by atoms with Gasteiger partial charge < -0.3 is 0 Å². The molecule has 1 aliphatic heterocycles. The van der Waals surface area contributed by atoms with Crippen LogP contribution in [0.4, 0.5) is 0 Å². The van der Waals surface area contributed by atoms with Gasteiger partial charge in [0.25, 0.3) is 0 Å². The molecule has 62 valence electrons. The van der Waals surface area contributed by atoms with E-state index in [0.717, 1.165) is 0 Å². The fourth-order valence-electron chi connectivity index (χ4n) is 0.901. The fourth-order valence-corrected chi connectivity index (χ4v) is 0.901. The highest BCUT2D eigenvalue weighted by Gasteiger charge is 2.52. The van der Waals surface area contributed by atoms with E-state index in [1.807, 2.05) is 0 Å². The molecule has 0 aromatic rings. The van der Waals surface area contributed by atoms with Gasteiger partial charge in [-0.2, -0.15) is 20.8 Å². The van der Waals surface area contributed by atoms with Gasteiger partial charge in [-0.15, -0.1) is 0 Å². The van der Waals surface area contributed by atoms with Crippen LogP contribution in [-0.2, 0) is 0 Å². The van der Waals surface area contributed by atoms with Gasteiger partial charge in [-0.1, -0.05) is 0 Å². The Kier molecular flexibility index (Phi) is 1.65. The Labute approximate surface area is 71.5 Å². The van der Waals surface area contributed by atoms with Gasteiger partial charge in [-0.3, -0.25) is 0 Å². The molecule has 0 N–H and O–H groups in total. The van der Waals surface area contributed by atoms with Gasteiger partial charge in [0.05, 0.1) is 17.6 Å². The molecular formula is C8H10N4. The fraction of sp³-hybridized carbons (Fsp3) is 0.750. The lowest BCUT2D eigenvalue weighted by molar-refractivity contribution is 0.215. The monoisotopic (exact) mass is 162 g/mol. The normalized spacial score (nSPS) is 20.8. The van der Waals surface area contributed by atoms with Crippen molar-refractivity contribution in [1.29, 1.82) is 10.5 Å². The molecule has 0 saturated carbocycles. The van der Waals surface area contributed by atoms with Crippen molar-refractivity contribution in [2.45, 2.75) is 26.9 Å². The highest BCUT2D eigenvalue weighted by atomic mass is 15.4. The van der Waals surface area contributed by atoms with Crippen molar-refractivity contribution >= 4 is 0 Å². The predicted octanol–water partition coefficient (Wildman–Crippen LogP) is 1.86. The summed E-state index contributed by atoms with van der Waals surface area (Å²) in [5, 5.41) is 25.2. The molecule has 1 unspecified atom stereocenters. The Bertz CT molecular complexity index is 298. The Morgan fingerprint density at radius 1 is 1.08 bits per heavy atom. The van der Waals surface area contributed by atoms with Gasteiger partial charge in [0.1, 0.15) is 5.41 Å². The molecule has 12 heavy (non-hydrogen) atoms. The van der Waals surface area contributed by atoms with E-state index in [1.54, 1.807) is 20.8 Å². The zero-order valence-electron chi connectivity index (χ0n) is 7.37. The highest BCUT2D eigenvalue weighted by Crippen LogP contribution is 2.46. The van der Waals surface area contributed by atoms with Crippen LogP contribution in [0.5, 0.6) is 0 Å². The molecule has 0 aliphatic carbocycles. The summed E-state index contributed by atoms with van der Waals surface area (Å²) in [4.78, 5) is 0. The summed E-state index contributed by atoms with van der Waals surface area (Å²) >= 11 is 0. The van der Waals surface area contributed by atoms with Crippen molar-refractivity contribution in [3.8, 4) is 12.1 Å². The minimum absolute atomic E-state index is 0.308. The van der Waals surface area contributed by atoms with Crippen LogP contribution in [0, 0.1) is 33.5 Å². The largest absolute Gasteiger partial charge is 0.200 e. The molecule has 4 nitrogen and oxygen atoms in total. The lowest BCUT2D eigenvalue weighted by atomic mass is 9.67. The second-order valence-corrected chi connectivity index (χ2v) is 3.66. The average molecular weight is 162 g/mol. The molecule has 0 fully saturated rings. The second-order valence-electron chi connectivity index (χ2n) is 3.66. The standard InChI is InChI=1S/C8H10N4/c1-7(2,4-9)8(3,5-10)6-11-12-6/h6H,1-3H3. The van der Waals surface area contributed by atoms with E-state index < -0.39 is 10.8 Å². The van der Waals surface area contributed by atoms with Crippen molar-refractivity contribution in [2.75, 3.05) is 0 Å². The molecule has 0 aromatic carbocycles. The first-order valence-electron chi connectivity index (χ1n) is 3.70. The van der Waals surface area contributed by atoms with Crippen LogP contribution in [0.15, 0.2) is 10.2 Å². The zero-order valence-corrected chi connectivity index (χ0v) is 7.37. The van der Waals surface area contributed by atoms with E-state index >= 15 is 0 Å². The van der Waals surface area contributed by atoms with Crippen molar-refractivity contribution < 1.29 is 0 Å². The van der Waals surface area contributed by atoms with Crippen LogP contribution in [0.1, 0.15) is 20.8 Å². The summed E-state index contributed by atoms with van der Waals surface area (Å²) in [6.07, 6.45) is -0.308. The maximum atomic E-state index is 8.94. The van der Waals surface area contributed by atoms with E-state index in [2.05, 4.69) is 22.4 Å². The number of nitriles is 2. The van der Waals surface area contributed by atoms with Crippen LogP contribution in [-0.4, -0.2) is 6.17 Å². The molecule has 1 rings (SSSR count). The first-order chi connectivity index (χ1) is 5.48. The van der Waals surface area contributed by atoms with Crippen LogP contribution in [0.3, 0.4) is 0 Å². The molecule has 0 saturated heterocycles. The molecule has 0 aromatic heterocycles.